The lowest BCUT2D eigenvalue weighted by atomic mass is 9.99. The van der Waals surface area contributed by atoms with Crippen molar-refractivity contribution in [2.75, 3.05) is 6.26 Å². The molecule has 31 heavy (non-hydrogen) atoms. The molecular formula is C23H21Cl2N3S3. The molecule has 3 aromatic heterocycles. The van der Waals surface area contributed by atoms with Crippen molar-refractivity contribution >= 4 is 78.5 Å². The Bertz CT molecular complexity index is 1300. The molecule has 160 valence electrons. The maximum atomic E-state index is 6.41. The second-order valence-electron chi connectivity index (χ2n) is 7.93. The van der Waals surface area contributed by atoms with Crippen LogP contribution in [0.4, 0.5) is 0 Å². The van der Waals surface area contributed by atoms with Crippen molar-refractivity contribution in [2.24, 2.45) is 0 Å². The maximum Gasteiger partial charge on any atom is 0.189 e. The SMILES string of the molecule is CSc1nc(SCc2c(Cl)cccc2Cl)c2sc3nc(C(C)C)c4c(c3c2n1)CCC4. The fourth-order valence-corrected chi connectivity index (χ4v) is 7.65. The number of thioether (sulfide) groups is 2. The minimum absolute atomic E-state index is 0.422. The lowest BCUT2D eigenvalue weighted by Gasteiger charge is -2.12. The molecule has 0 saturated carbocycles. The van der Waals surface area contributed by atoms with E-state index in [2.05, 4.69) is 13.8 Å². The second kappa shape index (κ2) is 8.71. The van der Waals surface area contributed by atoms with E-state index < -0.39 is 0 Å². The maximum absolute atomic E-state index is 6.41. The van der Waals surface area contributed by atoms with Crippen LogP contribution in [0.1, 0.15) is 48.6 Å². The molecule has 0 N–H and O–H groups in total. The first-order valence-electron chi connectivity index (χ1n) is 10.2. The molecule has 8 heteroatoms. The molecule has 0 unspecified atom stereocenters. The van der Waals surface area contributed by atoms with Crippen LogP contribution in [-0.4, -0.2) is 21.2 Å². The van der Waals surface area contributed by atoms with Crippen molar-refractivity contribution < 1.29 is 0 Å². The largest absolute Gasteiger partial charge is 0.241 e. The average Bonchev–Trinajstić information content (AvgIpc) is 3.36. The van der Waals surface area contributed by atoms with E-state index in [0.29, 0.717) is 21.7 Å². The Kier molecular flexibility index (Phi) is 6.12. The molecule has 0 amide bonds. The highest BCUT2D eigenvalue weighted by Crippen LogP contribution is 2.44. The molecule has 1 aliphatic carbocycles. The Morgan fingerprint density at radius 1 is 1.06 bits per heavy atom. The highest BCUT2D eigenvalue weighted by Gasteiger charge is 2.26. The lowest BCUT2D eigenvalue weighted by molar-refractivity contribution is 0.805. The van der Waals surface area contributed by atoms with Crippen LogP contribution in [0.2, 0.25) is 10.0 Å². The zero-order valence-electron chi connectivity index (χ0n) is 17.5. The van der Waals surface area contributed by atoms with Gasteiger partial charge in [0.25, 0.3) is 0 Å². The van der Waals surface area contributed by atoms with Crippen LogP contribution in [-0.2, 0) is 18.6 Å². The normalized spacial score (nSPS) is 13.6. The Balaban J connectivity index is 1.69. The van der Waals surface area contributed by atoms with E-state index in [1.54, 1.807) is 34.9 Å². The van der Waals surface area contributed by atoms with Gasteiger partial charge in [0.1, 0.15) is 9.86 Å². The van der Waals surface area contributed by atoms with Gasteiger partial charge in [0, 0.05) is 26.9 Å². The van der Waals surface area contributed by atoms with Crippen LogP contribution < -0.4 is 0 Å². The summed E-state index contributed by atoms with van der Waals surface area (Å²) in [5.41, 5.74) is 6.14. The van der Waals surface area contributed by atoms with Gasteiger partial charge in [-0.25, -0.2) is 15.0 Å². The zero-order chi connectivity index (χ0) is 21.7. The van der Waals surface area contributed by atoms with Gasteiger partial charge in [-0.2, -0.15) is 0 Å². The second-order valence-corrected chi connectivity index (χ2v) is 11.5. The summed E-state index contributed by atoms with van der Waals surface area (Å²) in [6.45, 7) is 4.47. The van der Waals surface area contributed by atoms with Crippen LogP contribution in [0.25, 0.3) is 20.4 Å². The molecule has 1 aliphatic rings. The quantitative estimate of drug-likeness (QED) is 0.155. The molecular weight excluding hydrogens is 485 g/mol. The Labute approximate surface area is 204 Å². The Morgan fingerprint density at radius 3 is 2.52 bits per heavy atom. The van der Waals surface area contributed by atoms with E-state index in [1.807, 2.05) is 24.5 Å². The summed E-state index contributed by atoms with van der Waals surface area (Å²) in [4.78, 5) is 16.0. The number of fused-ring (bicyclic) bond motifs is 5. The van der Waals surface area contributed by atoms with E-state index in [4.69, 9.17) is 38.2 Å². The van der Waals surface area contributed by atoms with Crippen LogP contribution in [0.15, 0.2) is 28.4 Å². The molecule has 3 heterocycles. The molecule has 0 bridgehead atoms. The average molecular weight is 507 g/mol. The zero-order valence-corrected chi connectivity index (χ0v) is 21.4. The van der Waals surface area contributed by atoms with Crippen LogP contribution >= 0.6 is 58.1 Å². The van der Waals surface area contributed by atoms with Gasteiger partial charge in [0.05, 0.1) is 10.2 Å². The first-order chi connectivity index (χ1) is 15.0. The third-order valence-corrected chi connectivity index (χ3v) is 9.13. The molecule has 0 fully saturated rings. The van der Waals surface area contributed by atoms with Crippen LogP contribution in [0.3, 0.4) is 0 Å². The number of thiophene rings is 1. The van der Waals surface area contributed by atoms with Gasteiger partial charge in [-0.15, -0.1) is 11.3 Å². The number of benzene rings is 1. The third kappa shape index (κ3) is 3.84. The molecule has 5 rings (SSSR count). The molecule has 1 aromatic carbocycles. The van der Waals surface area contributed by atoms with Crippen LogP contribution in [0.5, 0.6) is 0 Å². The molecule has 0 atom stereocenters. The number of hydrogen-bond donors (Lipinski definition) is 0. The van der Waals surface area contributed by atoms with Crippen LogP contribution in [0, 0.1) is 0 Å². The first kappa shape index (κ1) is 21.8. The predicted octanol–water partition coefficient (Wildman–Crippen LogP) is 8.17. The molecule has 0 radical (unpaired) electrons. The number of nitrogens with zero attached hydrogens (tertiary/aromatic N) is 3. The first-order valence-corrected chi connectivity index (χ1v) is 14.0. The van der Waals surface area contributed by atoms with Crippen molar-refractivity contribution in [3.63, 3.8) is 0 Å². The van der Waals surface area contributed by atoms with Gasteiger partial charge in [-0.05, 0) is 60.3 Å². The van der Waals surface area contributed by atoms with Crippen molar-refractivity contribution in [1.29, 1.82) is 0 Å². The molecule has 0 spiro atoms. The summed E-state index contributed by atoms with van der Waals surface area (Å²) in [7, 11) is 0. The van der Waals surface area contributed by atoms with Gasteiger partial charge in [-0.1, -0.05) is 66.6 Å². The van der Waals surface area contributed by atoms with Crippen molar-refractivity contribution in [3.8, 4) is 0 Å². The molecule has 0 aliphatic heterocycles. The Hall–Kier alpha value is -1.05. The topological polar surface area (TPSA) is 38.7 Å². The number of halogens is 2. The van der Waals surface area contributed by atoms with Crippen molar-refractivity contribution in [2.45, 2.75) is 55.0 Å². The summed E-state index contributed by atoms with van der Waals surface area (Å²) in [6, 6.07) is 5.64. The Morgan fingerprint density at radius 2 is 1.81 bits per heavy atom. The fraction of sp³-hybridized carbons (Fsp3) is 0.348. The van der Waals surface area contributed by atoms with Gasteiger partial charge in [0.15, 0.2) is 5.16 Å². The summed E-state index contributed by atoms with van der Waals surface area (Å²) < 4.78 is 1.11. The monoisotopic (exact) mass is 505 g/mol. The van der Waals surface area contributed by atoms with Gasteiger partial charge in [-0.3, -0.25) is 0 Å². The smallest absolute Gasteiger partial charge is 0.189 e. The highest BCUT2D eigenvalue weighted by atomic mass is 35.5. The predicted molar refractivity (Wildman–Crippen MR) is 137 cm³/mol. The number of rotatable bonds is 5. The summed E-state index contributed by atoms with van der Waals surface area (Å²) in [5.74, 6) is 1.08. The van der Waals surface area contributed by atoms with Crippen molar-refractivity contribution in [3.05, 3.63) is 50.6 Å². The molecule has 0 saturated heterocycles. The minimum Gasteiger partial charge on any atom is -0.241 e. The van der Waals surface area contributed by atoms with Gasteiger partial charge in [0.2, 0.25) is 0 Å². The molecule has 4 aromatic rings. The van der Waals surface area contributed by atoms with Gasteiger partial charge < -0.3 is 0 Å². The number of aryl methyl sites for hydroxylation is 1. The highest BCUT2D eigenvalue weighted by molar-refractivity contribution is 7.99. The van der Waals surface area contributed by atoms with E-state index in [9.17, 15) is 0 Å². The minimum atomic E-state index is 0.422. The lowest BCUT2D eigenvalue weighted by Crippen LogP contribution is -2.00. The summed E-state index contributed by atoms with van der Waals surface area (Å²) in [6.07, 6.45) is 5.45. The standard InChI is InChI=1S/C23H21Cl2N3S3/c1-11(2)18-13-7-4-6-12(13)17-19-20(31-21(17)26-18)22(28-23(27-19)29-3)30-10-14-15(24)8-5-9-16(14)25/h5,8-9,11H,4,6-7,10H2,1-3H3. The fourth-order valence-electron chi connectivity index (χ4n) is 4.23. The van der Waals surface area contributed by atoms with E-state index in [0.717, 1.165) is 43.6 Å². The number of pyridine rings is 1. The van der Waals surface area contributed by atoms with Gasteiger partial charge >= 0.3 is 0 Å². The summed E-state index contributed by atoms with van der Waals surface area (Å²) >= 11 is 17.8. The summed E-state index contributed by atoms with van der Waals surface area (Å²) in [5, 5.41) is 4.39. The number of hydrogen-bond acceptors (Lipinski definition) is 6. The van der Waals surface area contributed by atoms with Crippen molar-refractivity contribution in [1.82, 2.24) is 15.0 Å². The molecule has 3 nitrogen and oxygen atoms in total. The van der Waals surface area contributed by atoms with E-state index in [1.165, 1.54) is 28.6 Å². The van der Waals surface area contributed by atoms with E-state index >= 15 is 0 Å². The number of aromatic nitrogens is 3. The van der Waals surface area contributed by atoms with E-state index in [-0.39, 0.29) is 0 Å². The third-order valence-electron chi connectivity index (χ3n) is 5.66.